The van der Waals surface area contributed by atoms with E-state index in [1.165, 1.54) is 18.6 Å². The Balaban J connectivity index is 1.84. The molecule has 3 nitrogen and oxygen atoms in total. The maximum atomic E-state index is 10.2. The molecule has 4 heteroatoms. The number of furan rings is 1. The van der Waals surface area contributed by atoms with Crippen LogP contribution in [-0.2, 0) is 5.60 Å². The van der Waals surface area contributed by atoms with E-state index in [1.807, 2.05) is 17.8 Å². The Morgan fingerprint density at radius 2 is 2.56 bits per heavy atom. The van der Waals surface area contributed by atoms with Crippen LogP contribution in [0.4, 0.5) is 0 Å². The molecule has 1 aromatic rings. The van der Waals surface area contributed by atoms with Crippen molar-refractivity contribution in [3.8, 4) is 0 Å². The SMILES string of the molecule is CC(O)(CNC1CCCSC1)c1ccco1. The minimum atomic E-state index is -0.911. The first-order valence-corrected chi connectivity index (χ1v) is 6.91. The molecule has 2 heterocycles. The van der Waals surface area contributed by atoms with Gasteiger partial charge in [-0.05, 0) is 37.7 Å². The average molecular weight is 241 g/mol. The van der Waals surface area contributed by atoms with Crippen LogP contribution in [-0.4, -0.2) is 29.2 Å². The van der Waals surface area contributed by atoms with Crippen molar-refractivity contribution in [2.45, 2.75) is 31.4 Å². The van der Waals surface area contributed by atoms with Crippen molar-refractivity contribution in [3.63, 3.8) is 0 Å². The fourth-order valence-corrected chi connectivity index (χ4v) is 3.02. The number of thioether (sulfide) groups is 1. The Morgan fingerprint density at radius 3 is 3.19 bits per heavy atom. The van der Waals surface area contributed by atoms with Gasteiger partial charge in [0, 0.05) is 18.3 Å². The Hall–Kier alpha value is -0.450. The van der Waals surface area contributed by atoms with Crippen molar-refractivity contribution in [1.29, 1.82) is 0 Å². The molecule has 0 aliphatic carbocycles. The predicted octanol–water partition coefficient (Wildman–Crippen LogP) is 1.97. The van der Waals surface area contributed by atoms with E-state index >= 15 is 0 Å². The lowest BCUT2D eigenvalue weighted by atomic mass is 10.0. The molecule has 90 valence electrons. The third-order valence-electron chi connectivity index (χ3n) is 2.95. The molecule has 0 amide bonds. The summed E-state index contributed by atoms with van der Waals surface area (Å²) in [5.41, 5.74) is -0.911. The van der Waals surface area contributed by atoms with E-state index in [9.17, 15) is 5.11 Å². The summed E-state index contributed by atoms with van der Waals surface area (Å²) in [7, 11) is 0. The minimum absolute atomic E-state index is 0.528. The fraction of sp³-hybridized carbons (Fsp3) is 0.667. The van der Waals surface area contributed by atoms with Gasteiger partial charge in [0.2, 0.25) is 0 Å². The lowest BCUT2D eigenvalue weighted by molar-refractivity contribution is 0.0319. The topological polar surface area (TPSA) is 45.4 Å². The van der Waals surface area contributed by atoms with Crippen LogP contribution in [0.5, 0.6) is 0 Å². The fourth-order valence-electron chi connectivity index (χ4n) is 1.92. The number of nitrogens with one attached hydrogen (secondary N) is 1. The molecular weight excluding hydrogens is 222 g/mol. The van der Waals surface area contributed by atoms with Gasteiger partial charge < -0.3 is 14.8 Å². The second kappa shape index (κ2) is 5.25. The molecule has 0 radical (unpaired) electrons. The molecule has 1 aromatic heterocycles. The zero-order chi connectivity index (χ0) is 11.4. The van der Waals surface area contributed by atoms with E-state index in [2.05, 4.69) is 5.32 Å². The molecule has 1 aliphatic rings. The van der Waals surface area contributed by atoms with Crippen LogP contribution >= 0.6 is 11.8 Å². The van der Waals surface area contributed by atoms with Crippen LogP contribution in [0.2, 0.25) is 0 Å². The predicted molar refractivity (Wildman–Crippen MR) is 66.6 cm³/mol. The first kappa shape index (κ1) is 12.0. The smallest absolute Gasteiger partial charge is 0.136 e. The molecule has 0 saturated carbocycles. The van der Waals surface area contributed by atoms with E-state index in [-0.39, 0.29) is 0 Å². The van der Waals surface area contributed by atoms with Gasteiger partial charge in [0.15, 0.2) is 0 Å². The molecule has 0 aromatic carbocycles. The minimum Gasteiger partial charge on any atom is -0.466 e. The van der Waals surface area contributed by atoms with Crippen molar-refractivity contribution < 1.29 is 9.52 Å². The molecular formula is C12H19NO2S. The summed E-state index contributed by atoms with van der Waals surface area (Å²) in [5, 5.41) is 13.7. The first-order chi connectivity index (χ1) is 7.68. The summed E-state index contributed by atoms with van der Waals surface area (Å²) in [5.74, 6) is 3.05. The van der Waals surface area contributed by atoms with Gasteiger partial charge in [0.25, 0.3) is 0 Å². The van der Waals surface area contributed by atoms with Gasteiger partial charge in [-0.2, -0.15) is 11.8 Å². The zero-order valence-corrected chi connectivity index (χ0v) is 10.4. The molecule has 0 bridgehead atoms. The normalized spacial score (nSPS) is 25.2. The largest absolute Gasteiger partial charge is 0.466 e. The van der Waals surface area contributed by atoms with Crippen molar-refractivity contribution in [2.75, 3.05) is 18.1 Å². The summed E-state index contributed by atoms with van der Waals surface area (Å²) in [6.07, 6.45) is 4.08. The van der Waals surface area contributed by atoms with E-state index in [1.54, 1.807) is 19.3 Å². The van der Waals surface area contributed by atoms with E-state index < -0.39 is 5.60 Å². The van der Waals surface area contributed by atoms with Gasteiger partial charge in [0.05, 0.1) is 6.26 Å². The molecule has 1 saturated heterocycles. The Kier molecular flexibility index (Phi) is 3.95. The van der Waals surface area contributed by atoms with Crippen LogP contribution < -0.4 is 5.32 Å². The second-order valence-electron chi connectivity index (χ2n) is 4.55. The third kappa shape index (κ3) is 3.03. The van der Waals surface area contributed by atoms with Gasteiger partial charge in [-0.15, -0.1) is 0 Å². The van der Waals surface area contributed by atoms with Crippen LogP contribution in [0.1, 0.15) is 25.5 Å². The van der Waals surface area contributed by atoms with E-state index in [0.29, 0.717) is 18.3 Å². The summed E-state index contributed by atoms with van der Waals surface area (Å²) < 4.78 is 5.24. The molecule has 1 fully saturated rings. The van der Waals surface area contributed by atoms with Crippen molar-refractivity contribution in [2.24, 2.45) is 0 Å². The second-order valence-corrected chi connectivity index (χ2v) is 5.70. The van der Waals surface area contributed by atoms with Crippen molar-refractivity contribution in [3.05, 3.63) is 24.2 Å². The Morgan fingerprint density at radius 1 is 1.69 bits per heavy atom. The van der Waals surface area contributed by atoms with Gasteiger partial charge in [0.1, 0.15) is 11.4 Å². The lowest BCUT2D eigenvalue weighted by Crippen LogP contribution is -2.42. The maximum Gasteiger partial charge on any atom is 0.136 e. The lowest BCUT2D eigenvalue weighted by Gasteiger charge is -2.27. The maximum absolute atomic E-state index is 10.2. The summed E-state index contributed by atoms with van der Waals surface area (Å²) in [6, 6.07) is 4.15. The van der Waals surface area contributed by atoms with Gasteiger partial charge >= 0.3 is 0 Å². The van der Waals surface area contributed by atoms with E-state index in [4.69, 9.17) is 4.42 Å². The monoisotopic (exact) mass is 241 g/mol. The molecule has 2 N–H and O–H groups in total. The molecule has 1 aliphatic heterocycles. The number of aliphatic hydroxyl groups is 1. The highest BCUT2D eigenvalue weighted by molar-refractivity contribution is 7.99. The summed E-state index contributed by atoms with van der Waals surface area (Å²) >= 11 is 1.98. The summed E-state index contributed by atoms with van der Waals surface area (Å²) in [6.45, 7) is 2.33. The highest BCUT2D eigenvalue weighted by Gasteiger charge is 2.27. The van der Waals surface area contributed by atoms with Gasteiger partial charge in [-0.1, -0.05) is 0 Å². The van der Waals surface area contributed by atoms with E-state index in [0.717, 1.165) is 5.75 Å². The van der Waals surface area contributed by atoms with Crippen LogP contribution in [0.25, 0.3) is 0 Å². The average Bonchev–Trinajstić information content (AvgIpc) is 2.82. The van der Waals surface area contributed by atoms with Crippen LogP contribution in [0.3, 0.4) is 0 Å². The third-order valence-corrected chi connectivity index (χ3v) is 4.16. The first-order valence-electron chi connectivity index (χ1n) is 5.76. The Labute approximate surface area is 101 Å². The van der Waals surface area contributed by atoms with Crippen LogP contribution in [0.15, 0.2) is 22.8 Å². The van der Waals surface area contributed by atoms with Gasteiger partial charge in [-0.3, -0.25) is 0 Å². The Bertz CT molecular complexity index is 305. The number of hydrogen-bond acceptors (Lipinski definition) is 4. The molecule has 2 atom stereocenters. The van der Waals surface area contributed by atoms with Crippen molar-refractivity contribution in [1.82, 2.24) is 5.32 Å². The van der Waals surface area contributed by atoms with Gasteiger partial charge in [-0.25, -0.2) is 0 Å². The highest BCUT2D eigenvalue weighted by Crippen LogP contribution is 2.22. The number of hydrogen-bond donors (Lipinski definition) is 2. The molecule has 2 unspecified atom stereocenters. The molecule has 0 spiro atoms. The zero-order valence-electron chi connectivity index (χ0n) is 9.61. The molecule has 2 rings (SSSR count). The van der Waals surface area contributed by atoms with Crippen LogP contribution in [0, 0.1) is 0 Å². The highest BCUT2D eigenvalue weighted by atomic mass is 32.2. The quantitative estimate of drug-likeness (QED) is 0.846. The number of rotatable bonds is 4. The standard InChI is InChI=1S/C12H19NO2S/c1-12(14,11-5-2-6-15-11)9-13-10-4-3-7-16-8-10/h2,5-6,10,13-14H,3-4,7-9H2,1H3. The summed E-state index contributed by atoms with van der Waals surface area (Å²) in [4.78, 5) is 0. The van der Waals surface area contributed by atoms with Crippen molar-refractivity contribution >= 4 is 11.8 Å². The molecule has 16 heavy (non-hydrogen) atoms.